The lowest BCUT2D eigenvalue weighted by atomic mass is 10.2. The molecule has 0 saturated heterocycles. The van der Waals surface area contributed by atoms with Crippen LogP contribution in [0.2, 0.25) is 0 Å². The highest BCUT2D eigenvalue weighted by Gasteiger charge is 2.12. The molecule has 0 fully saturated rings. The number of methoxy groups -OCH3 is 1. The van der Waals surface area contributed by atoms with Gasteiger partial charge in [0, 0.05) is 29.9 Å². The summed E-state index contributed by atoms with van der Waals surface area (Å²) < 4.78 is 14.0. The van der Waals surface area contributed by atoms with E-state index in [1.54, 1.807) is 17.9 Å². The molecule has 0 N–H and O–H groups in total. The van der Waals surface area contributed by atoms with E-state index in [2.05, 4.69) is 10.1 Å². The maximum atomic E-state index is 12.8. The number of aromatic nitrogens is 4. The monoisotopic (exact) mass is 350 g/mol. The SMILES string of the molecule is CCn1ccc2ccn(Cc3nc(-c4ccc(OC)cc4)no3)c(=O)c21. The van der Waals surface area contributed by atoms with E-state index in [0.29, 0.717) is 17.2 Å². The van der Waals surface area contributed by atoms with Crippen LogP contribution in [0.15, 0.2) is 58.1 Å². The van der Waals surface area contributed by atoms with Gasteiger partial charge in [0.25, 0.3) is 5.56 Å². The van der Waals surface area contributed by atoms with Crippen molar-refractivity contribution in [3.8, 4) is 17.1 Å². The predicted octanol–water partition coefficient (Wildman–Crippen LogP) is 2.93. The average molecular weight is 350 g/mol. The number of rotatable bonds is 5. The van der Waals surface area contributed by atoms with Crippen molar-refractivity contribution in [2.75, 3.05) is 7.11 Å². The summed E-state index contributed by atoms with van der Waals surface area (Å²) in [7, 11) is 1.62. The molecule has 7 heteroatoms. The zero-order valence-electron chi connectivity index (χ0n) is 14.5. The van der Waals surface area contributed by atoms with Crippen molar-refractivity contribution in [3.63, 3.8) is 0 Å². The van der Waals surface area contributed by atoms with E-state index in [1.165, 1.54) is 0 Å². The number of pyridine rings is 1. The van der Waals surface area contributed by atoms with Crippen molar-refractivity contribution in [1.29, 1.82) is 0 Å². The molecule has 0 saturated carbocycles. The van der Waals surface area contributed by atoms with Crippen LogP contribution in [0.1, 0.15) is 12.8 Å². The van der Waals surface area contributed by atoms with Gasteiger partial charge in [0.05, 0.1) is 7.11 Å². The molecular weight excluding hydrogens is 332 g/mol. The molecule has 0 radical (unpaired) electrons. The number of aryl methyl sites for hydroxylation is 1. The molecule has 4 aromatic rings. The zero-order chi connectivity index (χ0) is 18.1. The smallest absolute Gasteiger partial charge is 0.275 e. The summed E-state index contributed by atoms with van der Waals surface area (Å²) in [5.41, 5.74) is 1.44. The van der Waals surface area contributed by atoms with Gasteiger partial charge in [-0.15, -0.1) is 0 Å². The van der Waals surface area contributed by atoms with Crippen molar-refractivity contribution in [2.45, 2.75) is 20.0 Å². The van der Waals surface area contributed by atoms with Gasteiger partial charge in [0.2, 0.25) is 11.7 Å². The Hall–Kier alpha value is -3.35. The Balaban J connectivity index is 1.64. The highest BCUT2D eigenvalue weighted by molar-refractivity contribution is 5.78. The third-order valence-corrected chi connectivity index (χ3v) is 4.35. The quantitative estimate of drug-likeness (QED) is 0.553. The van der Waals surface area contributed by atoms with Crippen molar-refractivity contribution >= 4 is 10.9 Å². The number of ether oxygens (including phenoxy) is 1. The highest BCUT2D eigenvalue weighted by atomic mass is 16.5. The molecule has 132 valence electrons. The standard InChI is InChI=1S/C19H18N4O3/c1-3-22-10-8-13-9-11-23(19(24)17(13)22)12-16-20-18(21-26-16)14-4-6-15(25-2)7-5-14/h4-11H,3,12H2,1-2H3. The van der Waals surface area contributed by atoms with Crippen LogP contribution in [0, 0.1) is 0 Å². The van der Waals surface area contributed by atoms with Crippen LogP contribution in [-0.2, 0) is 13.1 Å². The molecule has 3 aromatic heterocycles. The van der Waals surface area contributed by atoms with Gasteiger partial charge in [-0.05, 0) is 43.3 Å². The largest absolute Gasteiger partial charge is 0.497 e. The number of fused-ring (bicyclic) bond motifs is 1. The van der Waals surface area contributed by atoms with Crippen LogP contribution in [0.5, 0.6) is 5.75 Å². The predicted molar refractivity (Wildman–Crippen MR) is 97.3 cm³/mol. The lowest BCUT2D eigenvalue weighted by Gasteiger charge is -2.05. The zero-order valence-corrected chi connectivity index (χ0v) is 14.5. The fourth-order valence-corrected chi connectivity index (χ4v) is 2.95. The molecule has 0 unspecified atom stereocenters. The first-order chi connectivity index (χ1) is 12.7. The average Bonchev–Trinajstić information content (AvgIpc) is 3.31. The molecular formula is C19H18N4O3. The van der Waals surface area contributed by atoms with Gasteiger partial charge in [-0.3, -0.25) is 4.79 Å². The lowest BCUT2D eigenvalue weighted by Crippen LogP contribution is -2.22. The summed E-state index contributed by atoms with van der Waals surface area (Å²) in [5, 5.41) is 4.93. The Labute approximate surface area is 149 Å². The number of nitrogens with zero attached hydrogens (tertiary/aromatic N) is 4. The van der Waals surface area contributed by atoms with Crippen molar-refractivity contribution in [3.05, 3.63) is 65.0 Å². The highest BCUT2D eigenvalue weighted by Crippen LogP contribution is 2.20. The summed E-state index contributed by atoms with van der Waals surface area (Å²) in [6.07, 6.45) is 3.67. The molecule has 7 nitrogen and oxygen atoms in total. The van der Waals surface area contributed by atoms with Crippen LogP contribution >= 0.6 is 0 Å². The van der Waals surface area contributed by atoms with Crippen molar-refractivity contribution in [1.82, 2.24) is 19.3 Å². The second-order valence-electron chi connectivity index (χ2n) is 5.89. The first-order valence-corrected chi connectivity index (χ1v) is 8.35. The van der Waals surface area contributed by atoms with Crippen molar-refractivity contribution in [2.24, 2.45) is 0 Å². The Morgan fingerprint density at radius 2 is 1.81 bits per heavy atom. The maximum absolute atomic E-state index is 12.8. The Morgan fingerprint density at radius 3 is 2.50 bits per heavy atom. The summed E-state index contributed by atoms with van der Waals surface area (Å²) in [6.45, 7) is 2.98. The van der Waals surface area contributed by atoms with Gasteiger partial charge in [-0.1, -0.05) is 5.16 Å². The molecule has 0 atom stereocenters. The van der Waals surface area contributed by atoms with Crippen LogP contribution < -0.4 is 10.3 Å². The van der Waals surface area contributed by atoms with Gasteiger partial charge in [0.1, 0.15) is 17.8 Å². The van der Waals surface area contributed by atoms with Gasteiger partial charge in [0.15, 0.2) is 0 Å². The molecule has 0 aliphatic carbocycles. The van der Waals surface area contributed by atoms with Gasteiger partial charge < -0.3 is 18.4 Å². The molecule has 0 spiro atoms. The van der Waals surface area contributed by atoms with E-state index in [1.807, 2.05) is 54.1 Å². The van der Waals surface area contributed by atoms with Gasteiger partial charge >= 0.3 is 0 Å². The summed E-state index contributed by atoms with van der Waals surface area (Å²) >= 11 is 0. The second-order valence-corrected chi connectivity index (χ2v) is 5.89. The first kappa shape index (κ1) is 16.1. The molecule has 0 bridgehead atoms. The van der Waals surface area contributed by atoms with E-state index in [4.69, 9.17) is 9.26 Å². The fraction of sp³-hybridized carbons (Fsp3) is 0.211. The normalized spacial score (nSPS) is 11.2. The van der Waals surface area contributed by atoms with Crippen LogP contribution in [-0.4, -0.2) is 26.4 Å². The van der Waals surface area contributed by atoms with E-state index in [0.717, 1.165) is 23.2 Å². The second kappa shape index (κ2) is 6.51. The van der Waals surface area contributed by atoms with E-state index < -0.39 is 0 Å². The number of benzene rings is 1. The van der Waals surface area contributed by atoms with Gasteiger partial charge in [-0.2, -0.15) is 4.98 Å². The van der Waals surface area contributed by atoms with E-state index in [-0.39, 0.29) is 12.1 Å². The van der Waals surface area contributed by atoms with Crippen LogP contribution in [0.4, 0.5) is 0 Å². The number of hydrogen-bond acceptors (Lipinski definition) is 5. The topological polar surface area (TPSA) is 75.1 Å². The van der Waals surface area contributed by atoms with E-state index in [9.17, 15) is 4.79 Å². The summed E-state index contributed by atoms with van der Waals surface area (Å²) in [5.74, 6) is 1.62. The third-order valence-electron chi connectivity index (χ3n) is 4.35. The Morgan fingerprint density at radius 1 is 1.08 bits per heavy atom. The molecule has 0 amide bonds. The third kappa shape index (κ3) is 2.77. The lowest BCUT2D eigenvalue weighted by molar-refractivity contribution is 0.370. The first-order valence-electron chi connectivity index (χ1n) is 8.35. The molecule has 3 heterocycles. The fourth-order valence-electron chi connectivity index (χ4n) is 2.95. The molecule has 1 aromatic carbocycles. The maximum Gasteiger partial charge on any atom is 0.275 e. The Bertz CT molecular complexity index is 1110. The van der Waals surface area contributed by atoms with Crippen LogP contribution in [0.25, 0.3) is 22.3 Å². The molecule has 0 aliphatic heterocycles. The molecule has 0 aliphatic rings. The molecule has 26 heavy (non-hydrogen) atoms. The van der Waals surface area contributed by atoms with Crippen LogP contribution in [0.3, 0.4) is 0 Å². The Kier molecular flexibility index (Phi) is 4.04. The summed E-state index contributed by atoms with van der Waals surface area (Å²) in [4.78, 5) is 17.2. The molecule has 4 rings (SSSR count). The number of hydrogen-bond donors (Lipinski definition) is 0. The minimum atomic E-state index is -0.0708. The van der Waals surface area contributed by atoms with Crippen molar-refractivity contribution < 1.29 is 9.26 Å². The van der Waals surface area contributed by atoms with Gasteiger partial charge in [-0.25, -0.2) is 0 Å². The minimum absolute atomic E-state index is 0.0708. The summed E-state index contributed by atoms with van der Waals surface area (Å²) in [6, 6.07) is 11.3. The van der Waals surface area contributed by atoms with E-state index >= 15 is 0 Å². The minimum Gasteiger partial charge on any atom is -0.497 e.